The minimum Gasteiger partial charge on any atom is -0.481 e. The number of halogens is 4. The molecule has 15 heteroatoms. The number of likely N-dealkylation sites (tertiary alicyclic amines) is 1. The lowest BCUT2D eigenvalue weighted by atomic mass is 9.88. The van der Waals surface area contributed by atoms with Crippen LogP contribution >= 0.6 is 11.6 Å². The van der Waals surface area contributed by atoms with E-state index in [-0.39, 0.29) is 34.2 Å². The van der Waals surface area contributed by atoms with Gasteiger partial charge < -0.3 is 15.4 Å². The van der Waals surface area contributed by atoms with Gasteiger partial charge in [-0.15, -0.1) is 0 Å². The van der Waals surface area contributed by atoms with Gasteiger partial charge in [0.1, 0.15) is 16.9 Å². The molecular weight excluding hydrogens is 735 g/mol. The van der Waals surface area contributed by atoms with Gasteiger partial charge in [-0.2, -0.15) is 13.2 Å². The first-order valence-electron chi connectivity index (χ1n) is 18.2. The number of carbonyl (C=O) groups is 1. The Morgan fingerprint density at radius 3 is 2.47 bits per heavy atom. The van der Waals surface area contributed by atoms with Crippen molar-refractivity contribution in [3.63, 3.8) is 0 Å². The van der Waals surface area contributed by atoms with Crippen molar-refractivity contribution in [2.75, 3.05) is 25.5 Å². The van der Waals surface area contributed by atoms with Crippen molar-refractivity contribution in [2.24, 2.45) is 14.1 Å². The molecule has 2 aliphatic heterocycles. The molecule has 1 amide bonds. The number of aryl methyl sites for hydroxylation is 2. The molecule has 1 aliphatic carbocycles. The first kappa shape index (κ1) is 36.8. The highest BCUT2D eigenvalue weighted by atomic mass is 35.5. The predicted octanol–water partition coefficient (Wildman–Crippen LogP) is 6.83. The summed E-state index contributed by atoms with van der Waals surface area (Å²) in [4.78, 5) is 49.4. The number of fused-ring (bicyclic) bond motifs is 2. The molecule has 3 aromatic heterocycles. The number of hydrogen-bond acceptors (Lipinski definition) is 8. The van der Waals surface area contributed by atoms with Crippen LogP contribution in [0.1, 0.15) is 60.5 Å². The standard InChI is InChI=1S/C40H39ClF3N7O4/c1-21-23(8-6-11-26(21)45-35-33-29(19-30(47-35)40(42,43)44)49(2)38(54)50(3)37(33)53)24-9-5-10-25(34(24)41)27-18-22-13-14-28(32(22)36(46-27)55-4)51-17-16-39(20-51)15-7-12-31(52)48-39/h5-6,8-11,18-19,28H,7,12-17,20H2,1-4H3,(H,45,47)(H,48,52)/t28-,39-/m0/s1. The molecule has 0 unspecified atom stereocenters. The Bertz CT molecular complexity index is 2530. The Morgan fingerprint density at radius 2 is 1.73 bits per heavy atom. The summed E-state index contributed by atoms with van der Waals surface area (Å²) in [6.07, 6.45) is 0.298. The van der Waals surface area contributed by atoms with Crippen molar-refractivity contribution in [2.45, 2.75) is 63.2 Å². The fourth-order valence-corrected chi connectivity index (χ4v) is 9.00. The van der Waals surface area contributed by atoms with Gasteiger partial charge in [-0.1, -0.05) is 41.9 Å². The fraction of sp³-hybridized carbons (Fsp3) is 0.375. The number of methoxy groups -OCH3 is 1. The second kappa shape index (κ2) is 13.5. The monoisotopic (exact) mass is 773 g/mol. The number of ether oxygens (including phenoxy) is 1. The normalized spacial score (nSPS) is 19.9. The van der Waals surface area contributed by atoms with Gasteiger partial charge in [0.15, 0.2) is 0 Å². The first-order valence-corrected chi connectivity index (χ1v) is 18.5. The van der Waals surface area contributed by atoms with Crippen molar-refractivity contribution >= 4 is 39.9 Å². The van der Waals surface area contributed by atoms with E-state index >= 15 is 0 Å². The minimum absolute atomic E-state index is 0.123. The zero-order valence-corrected chi connectivity index (χ0v) is 31.5. The number of pyridine rings is 2. The zero-order valence-electron chi connectivity index (χ0n) is 30.7. The second-order valence-corrected chi connectivity index (χ2v) is 15.1. The quantitative estimate of drug-likeness (QED) is 0.193. The van der Waals surface area contributed by atoms with E-state index in [9.17, 15) is 27.6 Å². The Hall–Kier alpha value is -5.21. The molecule has 5 heterocycles. The summed E-state index contributed by atoms with van der Waals surface area (Å²) in [7, 11) is 4.18. The van der Waals surface area contributed by atoms with Gasteiger partial charge in [0.2, 0.25) is 11.8 Å². The average Bonchev–Trinajstić information content (AvgIpc) is 3.77. The van der Waals surface area contributed by atoms with Crippen molar-refractivity contribution in [1.29, 1.82) is 0 Å². The van der Waals surface area contributed by atoms with Crippen LogP contribution in [-0.4, -0.2) is 55.6 Å². The number of anilines is 2. The lowest BCUT2D eigenvalue weighted by Crippen LogP contribution is -2.53. The van der Waals surface area contributed by atoms with E-state index in [0.717, 1.165) is 65.5 Å². The Morgan fingerprint density at radius 1 is 0.982 bits per heavy atom. The van der Waals surface area contributed by atoms with Crippen LogP contribution < -0.4 is 26.6 Å². The summed E-state index contributed by atoms with van der Waals surface area (Å²) in [5.74, 6) is 0.335. The van der Waals surface area contributed by atoms with Gasteiger partial charge in [-0.05, 0) is 73.9 Å². The van der Waals surface area contributed by atoms with Gasteiger partial charge in [0.25, 0.3) is 5.56 Å². The predicted molar refractivity (Wildman–Crippen MR) is 204 cm³/mol. The lowest BCUT2D eigenvalue weighted by Gasteiger charge is -2.35. The first-order chi connectivity index (χ1) is 26.2. The number of benzene rings is 2. The van der Waals surface area contributed by atoms with Crippen LogP contribution in [0.4, 0.5) is 24.7 Å². The van der Waals surface area contributed by atoms with E-state index in [2.05, 4.69) is 26.6 Å². The molecule has 5 aromatic rings. The summed E-state index contributed by atoms with van der Waals surface area (Å²) in [5, 5.41) is 6.52. The van der Waals surface area contributed by atoms with Crippen molar-refractivity contribution in [3.8, 4) is 28.3 Å². The molecule has 2 atom stereocenters. The van der Waals surface area contributed by atoms with Gasteiger partial charge in [-0.25, -0.2) is 14.8 Å². The van der Waals surface area contributed by atoms with Crippen LogP contribution in [0.15, 0.2) is 58.1 Å². The van der Waals surface area contributed by atoms with Crippen LogP contribution in [0.2, 0.25) is 5.02 Å². The number of piperidine rings is 1. The highest BCUT2D eigenvalue weighted by molar-refractivity contribution is 6.36. The van der Waals surface area contributed by atoms with Crippen molar-refractivity contribution in [1.82, 2.24) is 29.3 Å². The molecule has 0 saturated carbocycles. The molecule has 3 aliphatic rings. The Balaban J connectivity index is 1.15. The number of amides is 1. The second-order valence-electron chi connectivity index (χ2n) is 14.8. The summed E-state index contributed by atoms with van der Waals surface area (Å²) < 4.78 is 49.8. The van der Waals surface area contributed by atoms with E-state index in [1.165, 1.54) is 14.1 Å². The minimum atomic E-state index is -4.84. The number of nitrogens with zero attached hydrogens (tertiary/aromatic N) is 5. The molecule has 55 heavy (non-hydrogen) atoms. The summed E-state index contributed by atoms with van der Waals surface area (Å²) >= 11 is 7.20. The van der Waals surface area contributed by atoms with E-state index in [1.807, 2.05) is 24.3 Å². The number of nitrogens with one attached hydrogen (secondary N) is 2. The SMILES string of the molecule is COc1nc(-c2cccc(-c3cccc(Nc4nc(C(F)(F)F)cc5c4c(=O)n(C)c(=O)n5C)c3C)c2Cl)cc2c1[C@@H](N1CC[C@@]3(CCCC(=O)N3)C1)CC2. The zero-order chi connectivity index (χ0) is 39.0. The fourth-order valence-electron chi connectivity index (χ4n) is 8.68. The van der Waals surface area contributed by atoms with Crippen LogP contribution in [0, 0.1) is 6.92 Å². The molecule has 0 bridgehead atoms. The van der Waals surface area contributed by atoms with Gasteiger partial charge >= 0.3 is 11.9 Å². The third kappa shape index (κ3) is 6.24. The Labute approximate surface area is 319 Å². The third-order valence-electron chi connectivity index (χ3n) is 11.5. The maximum atomic E-state index is 14.0. The maximum Gasteiger partial charge on any atom is 0.433 e. The molecule has 2 aromatic carbocycles. The summed E-state index contributed by atoms with van der Waals surface area (Å²) in [6.45, 7) is 3.47. The molecule has 1 spiro atoms. The highest BCUT2D eigenvalue weighted by Crippen LogP contribution is 2.47. The molecule has 286 valence electrons. The molecule has 11 nitrogen and oxygen atoms in total. The maximum absolute atomic E-state index is 14.0. The Kier molecular flexibility index (Phi) is 9.03. The van der Waals surface area contributed by atoms with Crippen molar-refractivity contribution in [3.05, 3.63) is 96.8 Å². The van der Waals surface area contributed by atoms with E-state index < -0.39 is 23.1 Å². The average molecular weight is 774 g/mol. The smallest absolute Gasteiger partial charge is 0.433 e. The van der Waals surface area contributed by atoms with Crippen LogP contribution in [-0.2, 0) is 31.5 Å². The molecule has 0 radical (unpaired) electrons. The molecule has 2 fully saturated rings. The van der Waals surface area contributed by atoms with E-state index in [0.29, 0.717) is 57.0 Å². The van der Waals surface area contributed by atoms with Gasteiger partial charge in [-0.3, -0.25) is 23.6 Å². The van der Waals surface area contributed by atoms with Gasteiger partial charge in [0.05, 0.1) is 28.9 Å². The topological polar surface area (TPSA) is 123 Å². The van der Waals surface area contributed by atoms with E-state index in [1.54, 1.807) is 26.2 Å². The lowest BCUT2D eigenvalue weighted by molar-refractivity contribution is -0.141. The van der Waals surface area contributed by atoms with Crippen LogP contribution in [0.25, 0.3) is 33.3 Å². The summed E-state index contributed by atoms with van der Waals surface area (Å²) in [5.41, 5.74) is 2.75. The highest BCUT2D eigenvalue weighted by Gasteiger charge is 2.45. The molecular formula is C40H39ClF3N7O4. The number of carbonyl (C=O) groups excluding carboxylic acids is 1. The van der Waals surface area contributed by atoms with Crippen LogP contribution in [0.3, 0.4) is 0 Å². The molecule has 2 saturated heterocycles. The molecule has 2 N–H and O–H groups in total. The number of aromatic nitrogens is 4. The third-order valence-corrected chi connectivity index (χ3v) is 11.9. The van der Waals surface area contributed by atoms with Gasteiger partial charge in [0, 0.05) is 62.0 Å². The number of alkyl halides is 3. The number of hydrogen-bond donors (Lipinski definition) is 2. The largest absolute Gasteiger partial charge is 0.481 e. The van der Waals surface area contributed by atoms with E-state index in [4.69, 9.17) is 21.3 Å². The van der Waals surface area contributed by atoms with Crippen molar-refractivity contribution < 1.29 is 22.7 Å². The summed E-state index contributed by atoms with van der Waals surface area (Å²) in [6, 6.07) is 13.8. The number of rotatable bonds is 6. The molecule has 8 rings (SSSR count). The van der Waals surface area contributed by atoms with Crippen LogP contribution in [0.5, 0.6) is 5.88 Å².